The molecule has 8 heteroatoms. The Hall–Kier alpha value is -1.60. The summed E-state index contributed by atoms with van der Waals surface area (Å²) in [5.41, 5.74) is -0.407. The molecule has 0 saturated carbocycles. The maximum atomic E-state index is 11.8. The third-order valence-electron chi connectivity index (χ3n) is 2.84. The quantitative estimate of drug-likeness (QED) is 0.638. The molecule has 0 radical (unpaired) electrons. The minimum Gasteiger partial charge on any atom is -0.357 e. The third-order valence-corrected chi connectivity index (χ3v) is 3.18. The van der Waals surface area contributed by atoms with Crippen LogP contribution < -0.4 is 21.1 Å². The number of amides is 1. The highest BCUT2D eigenvalue weighted by atomic mass is 35.5. The predicted octanol–water partition coefficient (Wildman–Crippen LogP) is -1.05. The van der Waals surface area contributed by atoms with E-state index in [9.17, 15) is 9.59 Å². The molecule has 1 aromatic rings. The number of nitrogens with zero attached hydrogens (tertiary/aromatic N) is 2. The van der Waals surface area contributed by atoms with E-state index in [-0.39, 0.29) is 10.9 Å². The zero-order chi connectivity index (χ0) is 13.1. The molecule has 1 aromatic heterocycles. The molecule has 1 aliphatic rings. The van der Waals surface area contributed by atoms with Crippen molar-refractivity contribution in [2.75, 3.05) is 31.6 Å². The van der Waals surface area contributed by atoms with E-state index in [1.807, 2.05) is 0 Å². The number of carbonyl (C=O) groups excluding carboxylic acids is 1. The first kappa shape index (κ1) is 12.8. The fraction of sp³-hybridized carbons (Fsp3) is 0.500. The van der Waals surface area contributed by atoms with E-state index in [2.05, 4.69) is 20.6 Å². The summed E-state index contributed by atoms with van der Waals surface area (Å²) in [4.78, 5) is 31.5. The largest absolute Gasteiger partial charge is 0.357 e. The number of H-pyrrole nitrogens is 1. The normalized spacial score (nSPS) is 19.7. The number of aromatic nitrogens is 2. The standard InChI is InChI=1S/C10H14ClN5O2/c1-12-9(17)6-4-13-2-3-16(6)8-7(11)10(18)15-5-14-8/h5-6,13H,2-4H2,1H3,(H,12,17)(H,14,15,18). The molecule has 1 fully saturated rings. The lowest BCUT2D eigenvalue weighted by Gasteiger charge is -2.35. The molecule has 0 aromatic carbocycles. The highest BCUT2D eigenvalue weighted by Crippen LogP contribution is 2.21. The van der Waals surface area contributed by atoms with E-state index in [1.165, 1.54) is 6.33 Å². The van der Waals surface area contributed by atoms with Crippen molar-refractivity contribution < 1.29 is 4.79 Å². The second kappa shape index (κ2) is 5.36. The fourth-order valence-corrected chi connectivity index (χ4v) is 2.14. The van der Waals surface area contributed by atoms with Crippen molar-refractivity contribution in [3.63, 3.8) is 0 Å². The summed E-state index contributed by atoms with van der Waals surface area (Å²) >= 11 is 5.94. The van der Waals surface area contributed by atoms with Crippen molar-refractivity contribution in [2.45, 2.75) is 6.04 Å². The molecule has 7 nitrogen and oxygen atoms in total. The van der Waals surface area contributed by atoms with Crippen LogP contribution in [0.15, 0.2) is 11.1 Å². The fourth-order valence-electron chi connectivity index (χ4n) is 1.93. The summed E-state index contributed by atoms with van der Waals surface area (Å²) in [7, 11) is 1.57. The molecular formula is C10H14ClN5O2. The lowest BCUT2D eigenvalue weighted by molar-refractivity contribution is -0.122. The van der Waals surface area contributed by atoms with Crippen LogP contribution in [0.5, 0.6) is 0 Å². The molecule has 2 heterocycles. The van der Waals surface area contributed by atoms with Gasteiger partial charge in [-0.15, -0.1) is 0 Å². The molecule has 1 aliphatic heterocycles. The molecule has 1 atom stereocenters. The molecule has 1 saturated heterocycles. The van der Waals surface area contributed by atoms with Crippen molar-refractivity contribution in [2.24, 2.45) is 0 Å². The first-order valence-electron chi connectivity index (χ1n) is 5.57. The van der Waals surface area contributed by atoms with E-state index < -0.39 is 11.6 Å². The summed E-state index contributed by atoms with van der Waals surface area (Å²) in [6.07, 6.45) is 1.28. The number of hydrogen-bond acceptors (Lipinski definition) is 5. The third kappa shape index (κ3) is 2.32. The monoisotopic (exact) mass is 271 g/mol. The summed E-state index contributed by atoms with van der Waals surface area (Å²) < 4.78 is 0. The van der Waals surface area contributed by atoms with E-state index in [1.54, 1.807) is 11.9 Å². The number of rotatable bonds is 2. The maximum Gasteiger partial charge on any atom is 0.271 e. The summed E-state index contributed by atoms with van der Waals surface area (Å²) in [6.45, 7) is 1.76. The van der Waals surface area contributed by atoms with Gasteiger partial charge in [0.05, 0.1) is 6.33 Å². The summed E-state index contributed by atoms with van der Waals surface area (Å²) in [6, 6.07) is -0.421. The molecule has 0 bridgehead atoms. The van der Waals surface area contributed by atoms with Crippen molar-refractivity contribution in [1.29, 1.82) is 0 Å². The number of carbonyl (C=O) groups is 1. The summed E-state index contributed by atoms with van der Waals surface area (Å²) in [5, 5.41) is 5.72. The SMILES string of the molecule is CNC(=O)C1CNCCN1c1nc[nH]c(=O)c1Cl. The number of likely N-dealkylation sites (N-methyl/N-ethyl adjacent to an activating group) is 1. The predicted molar refractivity (Wildman–Crippen MR) is 67.9 cm³/mol. The van der Waals surface area contributed by atoms with Gasteiger partial charge in [-0.25, -0.2) is 4.98 Å². The van der Waals surface area contributed by atoms with Crippen molar-refractivity contribution >= 4 is 23.3 Å². The van der Waals surface area contributed by atoms with E-state index in [0.29, 0.717) is 25.5 Å². The first-order valence-corrected chi connectivity index (χ1v) is 5.95. The Morgan fingerprint density at radius 2 is 2.44 bits per heavy atom. The highest BCUT2D eigenvalue weighted by Gasteiger charge is 2.30. The lowest BCUT2D eigenvalue weighted by atomic mass is 10.1. The lowest BCUT2D eigenvalue weighted by Crippen LogP contribution is -2.58. The van der Waals surface area contributed by atoms with Gasteiger partial charge in [-0.3, -0.25) is 9.59 Å². The molecule has 0 aliphatic carbocycles. The Kier molecular flexibility index (Phi) is 3.83. The van der Waals surface area contributed by atoms with E-state index in [0.717, 1.165) is 0 Å². The minimum absolute atomic E-state index is 0.00769. The van der Waals surface area contributed by atoms with Gasteiger partial charge in [0.25, 0.3) is 5.56 Å². The number of hydrogen-bond donors (Lipinski definition) is 3. The number of nitrogens with one attached hydrogen (secondary N) is 3. The van der Waals surface area contributed by atoms with Crippen LogP contribution in [-0.4, -0.2) is 48.6 Å². The smallest absolute Gasteiger partial charge is 0.271 e. The molecule has 1 unspecified atom stereocenters. The second-order valence-electron chi connectivity index (χ2n) is 3.90. The van der Waals surface area contributed by atoms with Gasteiger partial charge in [-0.1, -0.05) is 11.6 Å². The Labute approximate surface area is 109 Å². The van der Waals surface area contributed by atoms with Crippen LogP contribution in [0.3, 0.4) is 0 Å². The average molecular weight is 272 g/mol. The Morgan fingerprint density at radius 3 is 3.17 bits per heavy atom. The Morgan fingerprint density at radius 1 is 1.67 bits per heavy atom. The van der Waals surface area contributed by atoms with Gasteiger partial charge >= 0.3 is 0 Å². The van der Waals surface area contributed by atoms with Crippen LogP contribution in [0.25, 0.3) is 0 Å². The number of halogens is 1. The van der Waals surface area contributed by atoms with E-state index in [4.69, 9.17) is 11.6 Å². The van der Waals surface area contributed by atoms with Crippen LogP contribution in [0.2, 0.25) is 5.02 Å². The van der Waals surface area contributed by atoms with Gasteiger partial charge in [-0.2, -0.15) is 0 Å². The molecule has 3 N–H and O–H groups in total. The number of anilines is 1. The summed E-state index contributed by atoms with van der Waals surface area (Å²) in [5.74, 6) is 0.205. The number of aromatic amines is 1. The topological polar surface area (TPSA) is 90.1 Å². The highest BCUT2D eigenvalue weighted by molar-refractivity contribution is 6.32. The van der Waals surface area contributed by atoms with Crippen LogP contribution in [0.1, 0.15) is 0 Å². The molecule has 0 spiro atoms. The Balaban J connectivity index is 2.37. The van der Waals surface area contributed by atoms with Crippen LogP contribution >= 0.6 is 11.6 Å². The van der Waals surface area contributed by atoms with E-state index >= 15 is 0 Å². The first-order chi connectivity index (χ1) is 8.65. The van der Waals surface area contributed by atoms with Crippen molar-refractivity contribution in [3.8, 4) is 0 Å². The van der Waals surface area contributed by atoms with Crippen molar-refractivity contribution in [3.05, 3.63) is 21.7 Å². The van der Waals surface area contributed by atoms with Crippen LogP contribution in [-0.2, 0) is 4.79 Å². The Bertz CT molecular complexity index is 503. The molecular weight excluding hydrogens is 258 g/mol. The van der Waals surface area contributed by atoms with Gasteiger partial charge in [0.2, 0.25) is 5.91 Å². The number of piperazine rings is 1. The molecule has 98 valence electrons. The molecule has 18 heavy (non-hydrogen) atoms. The van der Waals surface area contributed by atoms with Crippen molar-refractivity contribution in [1.82, 2.24) is 20.6 Å². The molecule has 2 rings (SSSR count). The van der Waals surface area contributed by atoms with Gasteiger partial charge in [0, 0.05) is 26.7 Å². The molecule has 1 amide bonds. The maximum absolute atomic E-state index is 11.8. The van der Waals surface area contributed by atoms with Gasteiger partial charge in [-0.05, 0) is 0 Å². The minimum atomic E-state index is -0.421. The van der Waals surface area contributed by atoms with Gasteiger partial charge in [0.1, 0.15) is 11.1 Å². The van der Waals surface area contributed by atoms with Crippen LogP contribution in [0.4, 0.5) is 5.82 Å². The zero-order valence-corrected chi connectivity index (χ0v) is 10.6. The van der Waals surface area contributed by atoms with Crippen LogP contribution in [0, 0.1) is 0 Å². The van der Waals surface area contributed by atoms with Gasteiger partial charge < -0.3 is 20.5 Å². The average Bonchev–Trinajstić information content (AvgIpc) is 2.41. The zero-order valence-electron chi connectivity index (χ0n) is 9.86. The second-order valence-corrected chi connectivity index (χ2v) is 4.27. The van der Waals surface area contributed by atoms with Gasteiger partial charge in [0.15, 0.2) is 5.82 Å².